The summed E-state index contributed by atoms with van der Waals surface area (Å²) in [6, 6.07) is 5.82. The van der Waals surface area contributed by atoms with Crippen LogP contribution in [0.15, 0.2) is 30.6 Å². The summed E-state index contributed by atoms with van der Waals surface area (Å²) < 4.78 is 1.83. The molecular formula is C14H17N3O2. The van der Waals surface area contributed by atoms with Crippen LogP contribution in [0.5, 0.6) is 0 Å². The number of nitrogens with one attached hydrogen (secondary N) is 1. The van der Waals surface area contributed by atoms with Gasteiger partial charge < -0.3 is 14.8 Å². The van der Waals surface area contributed by atoms with Crippen LogP contribution < -0.4 is 5.32 Å². The summed E-state index contributed by atoms with van der Waals surface area (Å²) in [6.07, 6.45) is 6.59. The number of hydrogen-bond acceptors (Lipinski definition) is 3. The molecule has 0 aliphatic heterocycles. The van der Waals surface area contributed by atoms with Gasteiger partial charge in [0.05, 0.1) is 6.10 Å². The molecule has 0 spiro atoms. The van der Waals surface area contributed by atoms with Gasteiger partial charge in [-0.2, -0.15) is 0 Å². The number of nitrogens with zero attached hydrogens (tertiary/aromatic N) is 2. The molecule has 0 saturated heterocycles. The first-order valence-electron chi connectivity index (χ1n) is 6.65. The first-order chi connectivity index (χ1) is 9.22. The monoisotopic (exact) mass is 259 g/mol. The van der Waals surface area contributed by atoms with Crippen LogP contribution in [-0.4, -0.2) is 32.5 Å². The quantitative estimate of drug-likeness (QED) is 0.856. The van der Waals surface area contributed by atoms with E-state index in [4.69, 9.17) is 0 Å². The first kappa shape index (κ1) is 12.2. The summed E-state index contributed by atoms with van der Waals surface area (Å²) in [4.78, 5) is 16.4. The standard InChI is InChI=1S/C14H17N3O2/c18-11-6-4-10(5-7-11)15-14(19)12-9-17-8-2-1-3-13(17)16-12/h1-3,8-11,18H,4-7H2,(H,15,19). The summed E-state index contributed by atoms with van der Waals surface area (Å²) in [6.45, 7) is 0. The van der Waals surface area contributed by atoms with Crippen LogP contribution in [0.3, 0.4) is 0 Å². The van der Waals surface area contributed by atoms with Gasteiger partial charge in [-0.15, -0.1) is 0 Å². The molecule has 2 N–H and O–H groups in total. The van der Waals surface area contributed by atoms with Crippen molar-refractivity contribution in [2.45, 2.75) is 37.8 Å². The van der Waals surface area contributed by atoms with Crippen LogP contribution in [-0.2, 0) is 0 Å². The van der Waals surface area contributed by atoms with Crippen LogP contribution in [0.4, 0.5) is 0 Å². The number of fused-ring (bicyclic) bond motifs is 1. The molecule has 2 heterocycles. The molecule has 2 aromatic rings. The number of amides is 1. The zero-order chi connectivity index (χ0) is 13.2. The predicted octanol–water partition coefficient (Wildman–Crippen LogP) is 1.37. The van der Waals surface area contributed by atoms with E-state index < -0.39 is 0 Å². The number of rotatable bonds is 2. The number of carbonyl (C=O) groups is 1. The normalized spacial score (nSPS) is 23.4. The number of carbonyl (C=O) groups excluding carboxylic acids is 1. The fourth-order valence-electron chi connectivity index (χ4n) is 2.52. The molecule has 0 unspecified atom stereocenters. The van der Waals surface area contributed by atoms with Crippen molar-refractivity contribution in [3.8, 4) is 0 Å². The van der Waals surface area contributed by atoms with Crippen LogP contribution in [0.25, 0.3) is 5.65 Å². The van der Waals surface area contributed by atoms with Crippen molar-refractivity contribution in [2.75, 3.05) is 0 Å². The van der Waals surface area contributed by atoms with E-state index in [0.29, 0.717) is 5.69 Å². The highest BCUT2D eigenvalue weighted by Gasteiger charge is 2.22. The number of imidazole rings is 1. The summed E-state index contributed by atoms with van der Waals surface area (Å²) in [5, 5.41) is 12.4. The van der Waals surface area contributed by atoms with Crippen LogP contribution in [0.2, 0.25) is 0 Å². The Morgan fingerprint density at radius 2 is 2.11 bits per heavy atom. The number of aliphatic hydroxyl groups excluding tert-OH is 1. The van der Waals surface area contributed by atoms with E-state index in [-0.39, 0.29) is 18.1 Å². The maximum atomic E-state index is 12.1. The van der Waals surface area contributed by atoms with Gasteiger partial charge in [0.15, 0.2) is 0 Å². The number of hydrogen-bond donors (Lipinski definition) is 2. The molecule has 1 saturated carbocycles. The molecule has 0 radical (unpaired) electrons. The Kier molecular flexibility index (Phi) is 3.21. The molecule has 0 aromatic carbocycles. The molecule has 1 amide bonds. The zero-order valence-corrected chi connectivity index (χ0v) is 10.6. The topological polar surface area (TPSA) is 66.6 Å². The van der Waals surface area contributed by atoms with Gasteiger partial charge in [-0.25, -0.2) is 4.98 Å². The zero-order valence-electron chi connectivity index (χ0n) is 10.6. The summed E-state index contributed by atoms with van der Waals surface area (Å²) in [5.74, 6) is -0.134. The van der Waals surface area contributed by atoms with E-state index >= 15 is 0 Å². The van der Waals surface area contributed by atoms with Crippen molar-refractivity contribution >= 4 is 11.6 Å². The summed E-state index contributed by atoms with van der Waals surface area (Å²) in [7, 11) is 0. The molecule has 1 aliphatic carbocycles. The Hall–Kier alpha value is -1.88. The van der Waals surface area contributed by atoms with Gasteiger partial charge >= 0.3 is 0 Å². The van der Waals surface area contributed by atoms with E-state index in [1.54, 1.807) is 6.20 Å². The van der Waals surface area contributed by atoms with Crippen molar-refractivity contribution < 1.29 is 9.90 Å². The molecule has 2 aromatic heterocycles. The van der Waals surface area contributed by atoms with Gasteiger partial charge in [0, 0.05) is 18.4 Å². The van der Waals surface area contributed by atoms with Gasteiger partial charge in [-0.3, -0.25) is 4.79 Å². The molecule has 3 rings (SSSR count). The van der Waals surface area contributed by atoms with Gasteiger partial charge in [-0.05, 0) is 37.8 Å². The Bertz CT molecular complexity index is 552. The average Bonchev–Trinajstić information content (AvgIpc) is 2.85. The fourth-order valence-corrected chi connectivity index (χ4v) is 2.52. The fraction of sp³-hybridized carbons (Fsp3) is 0.429. The molecule has 19 heavy (non-hydrogen) atoms. The molecule has 0 bridgehead atoms. The van der Waals surface area contributed by atoms with Gasteiger partial charge in [-0.1, -0.05) is 6.07 Å². The third kappa shape index (κ3) is 2.61. The molecular weight excluding hydrogens is 242 g/mol. The Morgan fingerprint density at radius 1 is 1.32 bits per heavy atom. The molecule has 1 aliphatic rings. The lowest BCUT2D eigenvalue weighted by Crippen LogP contribution is -2.38. The van der Waals surface area contributed by atoms with Crippen LogP contribution in [0, 0.1) is 0 Å². The second kappa shape index (κ2) is 5.01. The largest absolute Gasteiger partial charge is 0.393 e. The molecule has 100 valence electrons. The van der Waals surface area contributed by atoms with E-state index in [2.05, 4.69) is 10.3 Å². The SMILES string of the molecule is O=C(NC1CCC(O)CC1)c1cn2ccccc2n1. The Labute approximate surface area is 111 Å². The molecule has 0 atom stereocenters. The lowest BCUT2D eigenvalue weighted by atomic mass is 9.93. The third-order valence-electron chi connectivity index (χ3n) is 3.63. The van der Waals surface area contributed by atoms with Crippen LogP contribution >= 0.6 is 0 Å². The minimum atomic E-state index is -0.205. The summed E-state index contributed by atoms with van der Waals surface area (Å²) >= 11 is 0. The first-order valence-corrected chi connectivity index (χ1v) is 6.65. The minimum absolute atomic E-state index is 0.134. The lowest BCUT2D eigenvalue weighted by molar-refractivity contribution is 0.0864. The highest BCUT2D eigenvalue weighted by Crippen LogP contribution is 2.18. The minimum Gasteiger partial charge on any atom is -0.393 e. The smallest absolute Gasteiger partial charge is 0.271 e. The Morgan fingerprint density at radius 3 is 2.84 bits per heavy atom. The lowest BCUT2D eigenvalue weighted by Gasteiger charge is -2.25. The second-order valence-electron chi connectivity index (χ2n) is 5.07. The van der Waals surface area contributed by atoms with Crippen molar-refractivity contribution in [3.05, 3.63) is 36.3 Å². The van der Waals surface area contributed by atoms with E-state index in [0.717, 1.165) is 31.3 Å². The summed E-state index contributed by atoms with van der Waals surface area (Å²) in [5.41, 5.74) is 1.21. The van der Waals surface area contributed by atoms with Gasteiger partial charge in [0.2, 0.25) is 0 Å². The third-order valence-corrected chi connectivity index (χ3v) is 3.63. The van der Waals surface area contributed by atoms with Crippen molar-refractivity contribution in [1.29, 1.82) is 0 Å². The highest BCUT2D eigenvalue weighted by molar-refractivity contribution is 5.93. The van der Waals surface area contributed by atoms with Gasteiger partial charge in [0.25, 0.3) is 5.91 Å². The molecule has 5 heteroatoms. The van der Waals surface area contributed by atoms with Crippen molar-refractivity contribution in [2.24, 2.45) is 0 Å². The second-order valence-corrected chi connectivity index (χ2v) is 5.07. The number of pyridine rings is 1. The van der Waals surface area contributed by atoms with Crippen LogP contribution in [0.1, 0.15) is 36.2 Å². The van der Waals surface area contributed by atoms with E-state index in [1.165, 1.54) is 0 Å². The highest BCUT2D eigenvalue weighted by atomic mass is 16.3. The molecule has 1 fully saturated rings. The van der Waals surface area contributed by atoms with Crippen molar-refractivity contribution in [3.63, 3.8) is 0 Å². The average molecular weight is 259 g/mol. The van der Waals surface area contributed by atoms with Gasteiger partial charge in [0.1, 0.15) is 11.3 Å². The predicted molar refractivity (Wildman–Crippen MR) is 70.9 cm³/mol. The van der Waals surface area contributed by atoms with Crippen molar-refractivity contribution in [1.82, 2.24) is 14.7 Å². The van der Waals surface area contributed by atoms with E-state index in [9.17, 15) is 9.90 Å². The van der Waals surface area contributed by atoms with E-state index in [1.807, 2.05) is 28.8 Å². The maximum Gasteiger partial charge on any atom is 0.271 e. The Balaban J connectivity index is 1.70. The number of aliphatic hydroxyl groups is 1. The number of aromatic nitrogens is 2. The molecule has 5 nitrogen and oxygen atoms in total. The maximum absolute atomic E-state index is 12.1.